The molecule has 0 radical (unpaired) electrons. The van der Waals surface area contributed by atoms with Crippen LogP contribution >= 0.6 is 0 Å². The number of furan rings is 1. The molecule has 1 saturated carbocycles. The minimum absolute atomic E-state index is 0.00382. The molecule has 114 valence electrons. The zero-order chi connectivity index (χ0) is 14.8. The van der Waals surface area contributed by atoms with Crippen molar-refractivity contribution in [2.45, 2.75) is 57.2 Å². The van der Waals surface area contributed by atoms with Gasteiger partial charge >= 0.3 is 0 Å². The minimum atomic E-state index is -3.57. The van der Waals surface area contributed by atoms with E-state index in [2.05, 4.69) is 23.9 Å². The van der Waals surface area contributed by atoms with Crippen LogP contribution in [0.4, 0.5) is 0 Å². The lowest BCUT2D eigenvalue weighted by atomic mass is 9.74. The van der Waals surface area contributed by atoms with Crippen LogP contribution in [0.2, 0.25) is 0 Å². The van der Waals surface area contributed by atoms with Gasteiger partial charge in [0.25, 0.3) is 10.0 Å². The molecule has 20 heavy (non-hydrogen) atoms. The highest BCUT2D eigenvalue weighted by Crippen LogP contribution is 2.36. The second-order valence-corrected chi connectivity index (χ2v) is 7.80. The van der Waals surface area contributed by atoms with Crippen LogP contribution in [-0.2, 0) is 16.6 Å². The minimum Gasteiger partial charge on any atom is -0.447 e. The average Bonchev–Trinajstić information content (AvgIpc) is 2.82. The van der Waals surface area contributed by atoms with E-state index in [4.69, 9.17) is 4.42 Å². The Bertz CT molecular complexity index is 549. The monoisotopic (exact) mass is 300 g/mol. The maximum atomic E-state index is 12.4. The van der Waals surface area contributed by atoms with Crippen LogP contribution in [0.25, 0.3) is 0 Å². The summed E-state index contributed by atoms with van der Waals surface area (Å²) in [7, 11) is -1.78. The summed E-state index contributed by atoms with van der Waals surface area (Å²) < 4.78 is 33.0. The number of hydrogen-bond acceptors (Lipinski definition) is 4. The quantitative estimate of drug-likeness (QED) is 0.875. The van der Waals surface area contributed by atoms with Gasteiger partial charge in [-0.2, -0.15) is 0 Å². The summed E-state index contributed by atoms with van der Waals surface area (Å²) in [4.78, 5) is 0. The fourth-order valence-corrected chi connectivity index (χ4v) is 4.12. The molecule has 0 aromatic carbocycles. The Hall–Kier alpha value is -0.850. The standard InChI is InChI=1S/C14H24N2O3S/c1-14(2)9-5-4-6-12(14)16-20(17,18)13-8-7-11(19-13)10-15-3/h7-8,12,15-16H,4-6,9-10H2,1-3H3. The van der Waals surface area contributed by atoms with Gasteiger partial charge in [0, 0.05) is 6.04 Å². The average molecular weight is 300 g/mol. The molecule has 1 atom stereocenters. The van der Waals surface area contributed by atoms with Crippen LogP contribution < -0.4 is 10.0 Å². The molecule has 0 amide bonds. The molecule has 0 spiro atoms. The van der Waals surface area contributed by atoms with E-state index in [0.29, 0.717) is 12.3 Å². The second-order valence-electron chi connectivity index (χ2n) is 6.16. The Balaban J connectivity index is 2.13. The van der Waals surface area contributed by atoms with Gasteiger partial charge in [-0.05, 0) is 37.4 Å². The molecule has 1 aliphatic carbocycles. The van der Waals surface area contributed by atoms with Gasteiger partial charge in [0.05, 0.1) is 6.54 Å². The van der Waals surface area contributed by atoms with E-state index in [9.17, 15) is 8.42 Å². The van der Waals surface area contributed by atoms with Crippen molar-refractivity contribution in [1.82, 2.24) is 10.0 Å². The van der Waals surface area contributed by atoms with Crippen LogP contribution in [0, 0.1) is 5.41 Å². The number of rotatable bonds is 5. The molecule has 5 nitrogen and oxygen atoms in total. The van der Waals surface area contributed by atoms with E-state index < -0.39 is 10.0 Å². The van der Waals surface area contributed by atoms with Crippen LogP contribution in [-0.4, -0.2) is 21.5 Å². The van der Waals surface area contributed by atoms with Crippen LogP contribution in [0.5, 0.6) is 0 Å². The van der Waals surface area contributed by atoms with Crippen LogP contribution in [0.1, 0.15) is 45.3 Å². The van der Waals surface area contributed by atoms with Crippen molar-refractivity contribution in [2.75, 3.05) is 7.05 Å². The lowest BCUT2D eigenvalue weighted by molar-refractivity contribution is 0.187. The summed E-state index contributed by atoms with van der Waals surface area (Å²) in [5, 5.41) is 2.94. The summed E-state index contributed by atoms with van der Waals surface area (Å²) in [5.74, 6) is 0.621. The van der Waals surface area contributed by atoms with Gasteiger partial charge in [-0.25, -0.2) is 13.1 Å². The molecule has 1 heterocycles. The molecular formula is C14H24N2O3S. The molecule has 1 aromatic heterocycles. The molecule has 2 N–H and O–H groups in total. The smallest absolute Gasteiger partial charge is 0.274 e. The fraction of sp³-hybridized carbons (Fsp3) is 0.714. The van der Waals surface area contributed by atoms with Crippen molar-refractivity contribution in [3.63, 3.8) is 0 Å². The molecule has 0 bridgehead atoms. The molecular weight excluding hydrogens is 276 g/mol. The van der Waals surface area contributed by atoms with Gasteiger partial charge < -0.3 is 9.73 Å². The first kappa shape index (κ1) is 15.5. The number of hydrogen-bond donors (Lipinski definition) is 2. The van der Waals surface area contributed by atoms with E-state index in [0.717, 1.165) is 25.7 Å². The van der Waals surface area contributed by atoms with Crippen molar-refractivity contribution < 1.29 is 12.8 Å². The third kappa shape index (κ3) is 3.42. The Labute approximate surface area is 121 Å². The van der Waals surface area contributed by atoms with E-state index >= 15 is 0 Å². The first-order valence-corrected chi connectivity index (χ1v) is 8.59. The highest BCUT2D eigenvalue weighted by molar-refractivity contribution is 7.89. The predicted octanol–water partition coefficient (Wildman–Crippen LogP) is 2.25. The topological polar surface area (TPSA) is 71.3 Å². The molecule has 1 unspecified atom stereocenters. The molecule has 6 heteroatoms. The van der Waals surface area contributed by atoms with Crippen molar-refractivity contribution >= 4 is 10.0 Å². The van der Waals surface area contributed by atoms with Crippen molar-refractivity contribution in [3.8, 4) is 0 Å². The van der Waals surface area contributed by atoms with Crippen molar-refractivity contribution in [3.05, 3.63) is 17.9 Å². The zero-order valence-corrected chi connectivity index (χ0v) is 13.2. The summed E-state index contributed by atoms with van der Waals surface area (Å²) in [6.07, 6.45) is 4.16. The van der Waals surface area contributed by atoms with Gasteiger partial charge in [0.1, 0.15) is 5.76 Å². The lowest BCUT2D eigenvalue weighted by Crippen LogP contribution is -2.46. The van der Waals surface area contributed by atoms with Gasteiger partial charge in [0.15, 0.2) is 0 Å². The van der Waals surface area contributed by atoms with Crippen molar-refractivity contribution in [2.24, 2.45) is 5.41 Å². The summed E-state index contributed by atoms with van der Waals surface area (Å²) in [5.41, 5.74) is -0.00822. The normalized spacial score (nSPS) is 22.9. The second kappa shape index (κ2) is 5.87. The lowest BCUT2D eigenvalue weighted by Gasteiger charge is -2.38. The van der Waals surface area contributed by atoms with Gasteiger partial charge in [0.2, 0.25) is 5.09 Å². The van der Waals surface area contributed by atoms with E-state index in [-0.39, 0.29) is 16.5 Å². The first-order chi connectivity index (χ1) is 9.35. The maximum absolute atomic E-state index is 12.4. The summed E-state index contributed by atoms with van der Waals surface area (Å²) in [6, 6.07) is 3.18. The fourth-order valence-electron chi connectivity index (χ4n) is 2.73. The third-order valence-electron chi connectivity index (χ3n) is 4.06. The Morgan fingerprint density at radius 1 is 1.35 bits per heavy atom. The highest BCUT2D eigenvalue weighted by atomic mass is 32.2. The van der Waals surface area contributed by atoms with Gasteiger partial charge in [-0.3, -0.25) is 0 Å². The molecule has 1 aromatic rings. The first-order valence-electron chi connectivity index (χ1n) is 7.11. The van der Waals surface area contributed by atoms with E-state index in [1.807, 2.05) is 0 Å². The van der Waals surface area contributed by atoms with Crippen molar-refractivity contribution in [1.29, 1.82) is 0 Å². The Kier molecular flexibility index (Phi) is 4.56. The molecule has 1 aliphatic rings. The van der Waals surface area contributed by atoms with Crippen LogP contribution in [0.15, 0.2) is 21.6 Å². The van der Waals surface area contributed by atoms with Crippen LogP contribution in [0.3, 0.4) is 0 Å². The predicted molar refractivity (Wildman–Crippen MR) is 77.8 cm³/mol. The largest absolute Gasteiger partial charge is 0.447 e. The maximum Gasteiger partial charge on any atom is 0.274 e. The Morgan fingerprint density at radius 2 is 2.10 bits per heavy atom. The summed E-state index contributed by atoms with van der Waals surface area (Å²) >= 11 is 0. The number of sulfonamides is 1. The molecule has 1 fully saturated rings. The summed E-state index contributed by atoms with van der Waals surface area (Å²) in [6.45, 7) is 4.76. The van der Waals surface area contributed by atoms with E-state index in [1.165, 1.54) is 6.07 Å². The van der Waals surface area contributed by atoms with E-state index in [1.54, 1.807) is 13.1 Å². The highest BCUT2D eigenvalue weighted by Gasteiger charge is 2.36. The third-order valence-corrected chi connectivity index (χ3v) is 5.40. The van der Waals surface area contributed by atoms with Gasteiger partial charge in [-0.15, -0.1) is 0 Å². The SMILES string of the molecule is CNCc1ccc(S(=O)(=O)NC2CCCCC2(C)C)o1. The molecule has 0 aliphatic heterocycles. The van der Waals surface area contributed by atoms with Gasteiger partial charge in [-0.1, -0.05) is 26.7 Å². The molecule has 0 saturated heterocycles. The Morgan fingerprint density at radius 3 is 2.75 bits per heavy atom. The molecule has 2 rings (SSSR count). The zero-order valence-electron chi connectivity index (χ0n) is 12.4. The number of nitrogens with one attached hydrogen (secondary N) is 2.